The topological polar surface area (TPSA) is 86.7 Å². The molecule has 3 rings (SSSR count). The van der Waals surface area contributed by atoms with Gasteiger partial charge in [0.15, 0.2) is 0 Å². The van der Waals surface area contributed by atoms with Crippen LogP contribution in [-0.2, 0) is 4.79 Å². The average Bonchev–Trinajstić information content (AvgIpc) is 3.18. The fraction of sp³-hybridized carbons (Fsp3) is 0.526. The van der Waals surface area contributed by atoms with E-state index < -0.39 is 24.3 Å². The lowest BCUT2D eigenvalue weighted by Crippen LogP contribution is -2.34. The summed E-state index contributed by atoms with van der Waals surface area (Å²) < 4.78 is 0. The standard InChI is InChI=1S/C19H24N2O4/c22-17(23)12-21-18(24)15-9-8-14(11-16(15)19(21)25)20-10-4-3-7-13-5-1-2-6-13/h8-9,11,13,20H,1-7,10,12H2,(H,22,23). The SMILES string of the molecule is O=C(O)CN1C(=O)c2ccc(NCCCCC3CCCC3)cc2C1=O. The highest BCUT2D eigenvalue weighted by atomic mass is 16.4. The van der Waals surface area contributed by atoms with Crippen molar-refractivity contribution >= 4 is 23.5 Å². The van der Waals surface area contributed by atoms with Gasteiger partial charge in [-0.1, -0.05) is 38.5 Å². The first kappa shape index (κ1) is 17.5. The molecule has 1 aromatic carbocycles. The Morgan fingerprint density at radius 3 is 2.56 bits per heavy atom. The molecule has 1 aromatic rings. The molecule has 1 aliphatic heterocycles. The van der Waals surface area contributed by atoms with Crippen molar-refractivity contribution in [1.82, 2.24) is 4.90 Å². The Bertz CT molecular complexity index is 680. The predicted octanol–water partition coefficient (Wildman–Crippen LogP) is 3.14. The van der Waals surface area contributed by atoms with E-state index in [4.69, 9.17) is 5.11 Å². The summed E-state index contributed by atoms with van der Waals surface area (Å²) in [5.41, 5.74) is 1.35. The van der Waals surface area contributed by atoms with E-state index in [1.807, 2.05) is 0 Å². The maximum absolute atomic E-state index is 12.2. The molecule has 1 aliphatic carbocycles. The Labute approximate surface area is 147 Å². The molecule has 134 valence electrons. The Morgan fingerprint density at radius 1 is 1.12 bits per heavy atom. The van der Waals surface area contributed by atoms with E-state index in [-0.39, 0.29) is 11.1 Å². The van der Waals surface area contributed by atoms with Gasteiger partial charge in [-0.2, -0.15) is 0 Å². The van der Waals surface area contributed by atoms with Gasteiger partial charge in [0.1, 0.15) is 6.54 Å². The lowest BCUT2D eigenvalue weighted by atomic mass is 10.0. The molecule has 0 spiro atoms. The molecule has 25 heavy (non-hydrogen) atoms. The number of fused-ring (bicyclic) bond motifs is 1. The van der Waals surface area contributed by atoms with Gasteiger partial charge < -0.3 is 10.4 Å². The largest absolute Gasteiger partial charge is 0.480 e. The summed E-state index contributed by atoms with van der Waals surface area (Å²) in [6, 6.07) is 5.01. The second kappa shape index (κ2) is 7.68. The van der Waals surface area contributed by atoms with Crippen LogP contribution in [0.15, 0.2) is 18.2 Å². The van der Waals surface area contributed by atoms with Crippen LogP contribution in [0.4, 0.5) is 5.69 Å². The van der Waals surface area contributed by atoms with Crippen molar-refractivity contribution < 1.29 is 19.5 Å². The number of carboxylic acids is 1. The van der Waals surface area contributed by atoms with Crippen molar-refractivity contribution in [3.05, 3.63) is 29.3 Å². The van der Waals surface area contributed by atoms with E-state index in [1.54, 1.807) is 18.2 Å². The molecule has 1 heterocycles. The minimum absolute atomic E-state index is 0.276. The number of hydrogen-bond donors (Lipinski definition) is 2. The van der Waals surface area contributed by atoms with Gasteiger partial charge in [-0.3, -0.25) is 19.3 Å². The summed E-state index contributed by atoms with van der Waals surface area (Å²) >= 11 is 0. The summed E-state index contributed by atoms with van der Waals surface area (Å²) in [4.78, 5) is 35.9. The highest BCUT2D eigenvalue weighted by Crippen LogP contribution is 2.29. The van der Waals surface area contributed by atoms with Crippen LogP contribution in [-0.4, -0.2) is 40.9 Å². The molecule has 0 aromatic heterocycles. The summed E-state index contributed by atoms with van der Waals surface area (Å²) in [6.07, 6.45) is 9.08. The van der Waals surface area contributed by atoms with Crippen LogP contribution in [0.3, 0.4) is 0 Å². The highest BCUT2D eigenvalue weighted by molar-refractivity contribution is 6.22. The fourth-order valence-corrected chi connectivity index (χ4v) is 3.77. The molecule has 2 aliphatic rings. The molecule has 1 fully saturated rings. The second-order valence-electron chi connectivity index (χ2n) is 6.92. The third-order valence-corrected chi connectivity index (χ3v) is 5.11. The molecule has 1 saturated carbocycles. The molecule has 0 atom stereocenters. The zero-order valence-electron chi connectivity index (χ0n) is 14.3. The van der Waals surface area contributed by atoms with Crippen molar-refractivity contribution in [3.8, 4) is 0 Å². The number of rotatable bonds is 8. The predicted molar refractivity (Wildman–Crippen MR) is 93.7 cm³/mol. The summed E-state index contributed by atoms with van der Waals surface area (Å²) in [5, 5.41) is 12.1. The molecule has 6 heteroatoms. The second-order valence-corrected chi connectivity index (χ2v) is 6.92. The van der Waals surface area contributed by atoms with Crippen LogP contribution < -0.4 is 5.32 Å². The van der Waals surface area contributed by atoms with Crippen molar-refractivity contribution in [2.75, 3.05) is 18.4 Å². The van der Waals surface area contributed by atoms with Crippen molar-refractivity contribution in [2.24, 2.45) is 5.92 Å². The minimum Gasteiger partial charge on any atom is -0.480 e. The normalized spacial score (nSPS) is 17.2. The lowest BCUT2D eigenvalue weighted by Gasteiger charge is -2.10. The number of imide groups is 1. The number of carbonyl (C=O) groups excluding carboxylic acids is 2. The van der Waals surface area contributed by atoms with Crippen LogP contribution >= 0.6 is 0 Å². The number of hydrogen-bond acceptors (Lipinski definition) is 4. The van der Waals surface area contributed by atoms with Gasteiger partial charge in [0.25, 0.3) is 11.8 Å². The van der Waals surface area contributed by atoms with E-state index in [2.05, 4.69) is 5.32 Å². The van der Waals surface area contributed by atoms with Crippen LogP contribution in [0.1, 0.15) is 65.7 Å². The van der Waals surface area contributed by atoms with E-state index in [1.165, 1.54) is 38.5 Å². The van der Waals surface area contributed by atoms with Crippen molar-refractivity contribution in [2.45, 2.75) is 44.9 Å². The number of benzene rings is 1. The number of carbonyl (C=O) groups is 3. The Hall–Kier alpha value is -2.37. The summed E-state index contributed by atoms with van der Waals surface area (Å²) in [6.45, 7) is 0.225. The first-order valence-corrected chi connectivity index (χ1v) is 9.02. The zero-order chi connectivity index (χ0) is 17.8. The Kier molecular flexibility index (Phi) is 5.36. The highest BCUT2D eigenvalue weighted by Gasteiger charge is 2.36. The molecule has 0 unspecified atom stereocenters. The van der Waals surface area contributed by atoms with Gasteiger partial charge in [-0.25, -0.2) is 0 Å². The quantitative estimate of drug-likeness (QED) is 0.559. The van der Waals surface area contributed by atoms with Gasteiger partial charge in [0, 0.05) is 12.2 Å². The van der Waals surface area contributed by atoms with Crippen LogP contribution in [0.2, 0.25) is 0 Å². The number of unbranched alkanes of at least 4 members (excludes halogenated alkanes) is 1. The van der Waals surface area contributed by atoms with Gasteiger partial charge in [-0.15, -0.1) is 0 Å². The molecule has 2 amide bonds. The number of nitrogens with zero attached hydrogens (tertiary/aromatic N) is 1. The summed E-state index contributed by atoms with van der Waals surface area (Å²) in [7, 11) is 0. The monoisotopic (exact) mass is 344 g/mol. The third-order valence-electron chi connectivity index (χ3n) is 5.11. The number of nitrogens with one attached hydrogen (secondary N) is 1. The first-order valence-electron chi connectivity index (χ1n) is 9.02. The Morgan fingerprint density at radius 2 is 1.84 bits per heavy atom. The average molecular weight is 344 g/mol. The lowest BCUT2D eigenvalue weighted by molar-refractivity contribution is -0.137. The van der Waals surface area contributed by atoms with E-state index in [0.717, 1.165) is 29.5 Å². The number of carboxylic acid groups (broad SMARTS) is 1. The van der Waals surface area contributed by atoms with Crippen LogP contribution in [0.25, 0.3) is 0 Å². The maximum atomic E-state index is 12.2. The summed E-state index contributed by atoms with van der Waals surface area (Å²) in [5.74, 6) is -1.36. The molecule has 0 saturated heterocycles. The minimum atomic E-state index is -1.20. The van der Waals surface area contributed by atoms with E-state index in [9.17, 15) is 14.4 Å². The molecular formula is C19H24N2O4. The van der Waals surface area contributed by atoms with Gasteiger partial charge in [0.2, 0.25) is 0 Å². The van der Waals surface area contributed by atoms with Crippen LogP contribution in [0.5, 0.6) is 0 Å². The van der Waals surface area contributed by atoms with Crippen LogP contribution in [0, 0.1) is 5.92 Å². The zero-order valence-corrected chi connectivity index (χ0v) is 14.3. The van der Waals surface area contributed by atoms with E-state index >= 15 is 0 Å². The van der Waals surface area contributed by atoms with Crippen molar-refractivity contribution in [3.63, 3.8) is 0 Å². The smallest absolute Gasteiger partial charge is 0.323 e. The Balaban J connectivity index is 1.52. The molecule has 2 N–H and O–H groups in total. The maximum Gasteiger partial charge on any atom is 0.323 e. The number of anilines is 1. The molecule has 0 bridgehead atoms. The molecule has 6 nitrogen and oxygen atoms in total. The van der Waals surface area contributed by atoms with Gasteiger partial charge in [-0.05, 0) is 30.5 Å². The van der Waals surface area contributed by atoms with E-state index in [0.29, 0.717) is 0 Å². The molecular weight excluding hydrogens is 320 g/mol. The van der Waals surface area contributed by atoms with Gasteiger partial charge >= 0.3 is 5.97 Å². The fourth-order valence-electron chi connectivity index (χ4n) is 3.77. The first-order chi connectivity index (χ1) is 12.1. The molecule has 0 radical (unpaired) electrons. The third kappa shape index (κ3) is 4.00. The number of aliphatic carboxylic acids is 1. The van der Waals surface area contributed by atoms with Crippen molar-refractivity contribution in [1.29, 1.82) is 0 Å². The number of amides is 2. The van der Waals surface area contributed by atoms with Gasteiger partial charge in [0.05, 0.1) is 11.1 Å².